The van der Waals surface area contributed by atoms with Crippen LogP contribution in [0, 0.1) is 28.6 Å². The highest BCUT2D eigenvalue weighted by Gasteiger charge is 2.78. The summed E-state index contributed by atoms with van der Waals surface area (Å²) in [6.07, 6.45) is 7.41. The van der Waals surface area contributed by atoms with Crippen molar-refractivity contribution in [1.82, 2.24) is 14.9 Å². The molecule has 2 aromatic rings. The molecular weight excluding hydrogens is 496 g/mol. The second-order valence-corrected chi connectivity index (χ2v) is 14.2. The first-order chi connectivity index (χ1) is 18.3. The first-order valence-corrected chi connectivity index (χ1v) is 15.4. The summed E-state index contributed by atoms with van der Waals surface area (Å²) in [5, 5.41) is 13.0. The molecule has 0 aromatic heterocycles. The first kappa shape index (κ1) is 24.3. The van der Waals surface area contributed by atoms with Crippen LogP contribution in [0.4, 0.5) is 0 Å². The smallest absolute Gasteiger partial charge is 0.241 e. The molecule has 5 unspecified atom stereocenters. The molecule has 1 saturated heterocycles. The van der Waals surface area contributed by atoms with Crippen LogP contribution in [0.3, 0.4) is 0 Å². The van der Waals surface area contributed by atoms with Gasteiger partial charge in [0.25, 0.3) is 0 Å². The monoisotopic (exact) mass is 530 g/mol. The van der Waals surface area contributed by atoms with Gasteiger partial charge < -0.3 is 10.2 Å². The summed E-state index contributed by atoms with van der Waals surface area (Å²) in [6.45, 7) is 0.929. The van der Waals surface area contributed by atoms with Crippen LogP contribution in [0.15, 0.2) is 59.5 Å². The Morgan fingerprint density at radius 2 is 1.76 bits per heavy atom. The summed E-state index contributed by atoms with van der Waals surface area (Å²) >= 11 is 0. The fraction of sp³-hybridized carbons (Fsp3) is 0.533. The SMILES string of the molecule is N#C[C@@H]1CCCN1C(=O)CNC12CC3CC4(NS(=O)(=O)c5ccc(-c6ccccc6)cc5)CC(C1)C4(C3)C2. The van der Waals surface area contributed by atoms with E-state index in [1.807, 2.05) is 42.5 Å². The number of nitriles is 1. The van der Waals surface area contributed by atoms with Gasteiger partial charge in [-0.25, -0.2) is 13.1 Å². The van der Waals surface area contributed by atoms with Gasteiger partial charge in [-0.3, -0.25) is 4.79 Å². The van der Waals surface area contributed by atoms with Gasteiger partial charge in [-0.05, 0) is 91.9 Å². The van der Waals surface area contributed by atoms with E-state index in [9.17, 15) is 18.5 Å². The van der Waals surface area contributed by atoms with Crippen LogP contribution in [-0.2, 0) is 14.8 Å². The van der Waals surface area contributed by atoms with Crippen molar-refractivity contribution in [1.29, 1.82) is 5.26 Å². The molecule has 5 fully saturated rings. The van der Waals surface area contributed by atoms with Crippen LogP contribution in [-0.4, -0.2) is 49.4 Å². The van der Waals surface area contributed by atoms with E-state index in [0.29, 0.717) is 23.3 Å². The zero-order valence-electron chi connectivity index (χ0n) is 21.5. The average molecular weight is 531 g/mol. The lowest BCUT2D eigenvalue weighted by atomic mass is 9.51. The predicted octanol–water partition coefficient (Wildman–Crippen LogP) is 3.83. The molecule has 7 rings (SSSR count). The largest absolute Gasteiger partial charge is 0.326 e. The van der Waals surface area contributed by atoms with Crippen molar-refractivity contribution in [3.8, 4) is 17.2 Å². The Morgan fingerprint density at radius 3 is 2.53 bits per heavy atom. The lowest BCUT2D eigenvalue weighted by Gasteiger charge is -2.58. The quantitative estimate of drug-likeness (QED) is 0.567. The van der Waals surface area contributed by atoms with Crippen molar-refractivity contribution in [2.45, 2.75) is 73.4 Å². The summed E-state index contributed by atoms with van der Waals surface area (Å²) in [4.78, 5) is 15.0. The Morgan fingerprint density at radius 1 is 1.00 bits per heavy atom. The van der Waals surface area contributed by atoms with E-state index in [1.165, 1.54) is 0 Å². The molecule has 4 saturated carbocycles. The molecule has 7 nitrogen and oxygen atoms in total. The minimum Gasteiger partial charge on any atom is -0.326 e. The normalized spacial score (nSPS) is 36.6. The second kappa shape index (κ2) is 8.38. The number of hydrogen-bond donors (Lipinski definition) is 2. The van der Waals surface area contributed by atoms with Crippen LogP contribution in [0.5, 0.6) is 0 Å². The summed E-state index contributed by atoms with van der Waals surface area (Å²) < 4.78 is 30.5. The molecule has 38 heavy (non-hydrogen) atoms. The van der Waals surface area contributed by atoms with E-state index in [4.69, 9.17) is 0 Å². The van der Waals surface area contributed by atoms with Crippen molar-refractivity contribution < 1.29 is 13.2 Å². The van der Waals surface area contributed by atoms with Crippen LogP contribution in [0.25, 0.3) is 11.1 Å². The Balaban J connectivity index is 1.07. The molecule has 6 atom stereocenters. The number of benzene rings is 2. The number of hydrogen-bond acceptors (Lipinski definition) is 5. The van der Waals surface area contributed by atoms with Gasteiger partial charge in [-0.2, -0.15) is 5.26 Å². The highest BCUT2D eigenvalue weighted by atomic mass is 32.2. The van der Waals surface area contributed by atoms with Gasteiger partial charge in [-0.15, -0.1) is 0 Å². The number of sulfonamides is 1. The standard InChI is InChI=1S/C30H34N4O3S/c31-18-25-7-4-12-34(25)27(35)19-32-28-13-21-14-29(20-28)24(16-28)17-30(29,15-21)33-38(36,37)26-10-8-23(9-11-26)22-5-2-1-3-6-22/h1-3,5-6,8-11,21,24-25,32-33H,4,7,12-17,19-20H2/t21?,24?,25-,28?,29?,30?/m0/s1. The number of amides is 1. The zero-order valence-corrected chi connectivity index (χ0v) is 22.3. The molecule has 1 amide bonds. The van der Waals surface area contributed by atoms with Crippen LogP contribution in [0.1, 0.15) is 51.4 Å². The van der Waals surface area contributed by atoms with Crippen molar-refractivity contribution in [2.75, 3.05) is 13.1 Å². The topological polar surface area (TPSA) is 102 Å². The van der Waals surface area contributed by atoms with E-state index < -0.39 is 10.0 Å². The average Bonchev–Trinajstić information content (AvgIpc) is 3.52. The maximum Gasteiger partial charge on any atom is 0.241 e. The molecule has 3 bridgehead atoms. The zero-order chi connectivity index (χ0) is 26.2. The molecule has 2 N–H and O–H groups in total. The van der Waals surface area contributed by atoms with Gasteiger partial charge >= 0.3 is 0 Å². The van der Waals surface area contributed by atoms with Crippen molar-refractivity contribution in [2.24, 2.45) is 17.3 Å². The summed E-state index contributed by atoms with van der Waals surface area (Å²) in [5.74, 6) is 0.962. The molecule has 5 aliphatic rings. The predicted molar refractivity (Wildman–Crippen MR) is 143 cm³/mol. The maximum absolute atomic E-state index is 13.6. The van der Waals surface area contributed by atoms with Crippen molar-refractivity contribution >= 4 is 15.9 Å². The van der Waals surface area contributed by atoms with E-state index in [-0.39, 0.29) is 35.0 Å². The third-order valence-electron chi connectivity index (χ3n) is 10.5. The number of carbonyl (C=O) groups is 1. The first-order valence-electron chi connectivity index (χ1n) is 13.9. The fourth-order valence-corrected chi connectivity index (χ4v) is 10.7. The Bertz CT molecular complexity index is 1420. The van der Waals surface area contributed by atoms with Crippen LogP contribution >= 0.6 is 0 Å². The van der Waals surface area contributed by atoms with Gasteiger partial charge in [0.2, 0.25) is 15.9 Å². The molecular formula is C30H34N4O3S. The molecule has 4 aliphatic carbocycles. The van der Waals surface area contributed by atoms with Crippen LogP contribution < -0.4 is 10.0 Å². The summed E-state index contributed by atoms with van der Waals surface area (Å²) in [5.41, 5.74) is 1.55. The summed E-state index contributed by atoms with van der Waals surface area (Å²) in [7, 11) is -3.66. The van der Waals surface area contributed by atoms with Gasteiger partial charge in [0.15, 0.2) is 0 Å². The van der Waals surface area contributed by atoms with Crippen molar-refractivity contribution in [3.05, 3.63) is 54.6 Å². The number of nitrogens with one attached hydrogen (secondary N) is 2. The number of rotatable bonds is 7. The molecule has 198 valence electrons. The molecule has 2 aromatic carbocycles. The third-order valence-corrected chi connectivity index (χ3v) is 12.1. The van der Waals surface area contributed by atoms with E-state index in [1.54, 1.807) is 17.0 Å². The van der Waals surface area contributed by atoms with Gasteiger partial charge in [0, 0.05) is 17.6 Å². The number of carbonyl (C=O) groups excluding carboxylic acids is 1. The third kappa shape index (κ3) is 3.52. The number of nitrogens with zero attached hydrogens (tertiary/aromatic N) is 2. The molecule has 0 radical (unpaired) electrons. The van der Waals surface area contributed by atoms with Crippen LogP contribution in [0.2, 0.25) is 0 Å². The highest BCUT2D eigenvalue weighted by molar-refractivity contribution is 7.89. The Kier molecular flexibility index (Phi) is 5.36. The molecule has 8 heteroatoms. The number of likely N-dealkylation sites (tertiary alicyclic amines) is 1. The molecule has 1 heterocycles. The Labute approximate surface area is 224 Å². The minimum atomic E-state index is -3.66. The lowest BCUT2D eigenvalue weighted by Crippen LogP contribution is -2.67. The van der Waals surface area contributed by atoms with E-state index in [0.717, 1.165) is 62.5 Å². The maximum atomic E-state index is 13.6. The number of fused-ring (bicyclic) bond motifs is 2. The highest BCUT2D eigenvalue weighted by Crippen LogP contribution is 2.78. The summed E-state index contributed by atoms with van der Waals surface area (Å²) in [6, 6.07) is 19.1. The lowest BCUT2D eigenvalue weighted by molar-refractivity contribution is -0.130. The van der Waals surface area contributed by atoms with Gasteiger partial charge in [0.1, 0.15) is 6.04 Å². The minimum absolute atomic E-state index is 0.0176. The van der Waals surface area contributed by atoms with E-state index >= 15 is 0 Å². The molecule has 1 aliphatic heterocycles. The van der Waals surface area contributed by atoms with E-state index in [2.05, 4.69) is 16.1 Å². The molecule has 1 spiro atoms. The Hall–Kier alpha value is -2.73. The van der Waals surface area contributed by atoms with Crippen molar-refractivity contribution in [3.63, 3.8) is 0 Å². The second-order valence-electron chi connectivity index (χ2n) is 12.5. The van der Waals surface area contributed by atoms with Gasteiger partial charge in [-0.1, -0.05) is 42.5 Å². The van der Waals surface area contributed by atoms with Gasteiger partial charge in [0.05, 0.1) is 17.5 Å². The fourth-order valence-electron chi connectivity index (χ4n) is 9.19.